The van der Waals surface area contributed by atoms with E-state index in [-0.39, 0.29) is 11.7 Å². The van der Waals surface area contributed by atoms with Crippen molar-refractivity contribution in [3.8, 4) is 0 Å². The van der Waals surface area contributed by atoms with Gasteiger partial charge in [0.25, 0.3) is 5.91 Å². The highest BCUT2D eigenvalue weighted by atomic mass is 32.1. The molecule has 3 aromatic rings. The number of rotatable bonds is 6. The molecule has 2 aromatic carbocycles. The van der Waals surface area contributed by atoms with E-state index in [0.717, 1.165) is 43.8 Å². The third kappa shape index (κ3) is 5.18. The van der Waals surface area contributed by atoms with Crippen molar-refractivity contribution in [2.75, 3.05) is 39.8 Å². The van der Waals surface area contributed by atoms with Crippen molar-refractivity contribution in [1.29, 1.82) is 0 Å². The van der Waals surface area contributed by atoms with Gasteiger partial charge in [0.2, 0.25) is 0 Å². The monoisotopic (exact) mass is 414 g/mol. The van der Waals surface area contributed by atoms with Crippen LogP contribution in [0, 0.1) is 5.82 Å². The topological polar surface area (TPSA) is 42.1 Å². The Morgan fingerprint density at radius 1 is 1.10 bits per heavy atom. The number of halogens is 1. The second-order valence-corrected chi connectivity index (χ2v) is 8.92. The first-order valence-corrected chi connectivity index (χ1v) is 10.9. The molecule has 7 heteroatoms. The molecule has 152 valence electrons. The summed E-state index contributed by atoms with van der Waals surface area (Å²) in [6.07, 6.45) is 0. The number of carbonyl (C=O) groups is 1. The number of hydrogen-bond acceptors (Lipinski definition) is 3. The van der Waals surface area contributed by atoms with Crippen LogP contribution < -0.4 is 9.80 Å². The number of quaternary nitrogens is 2. The minimum absolute atomic E-state index is 0.110. The summed E-state index contributed by atoms with van der Waals surface area (Å²) in [5, 5.41) is 1.19. The van der Waals surface area contributed by atoms with Crippen LogP contribution >= 0.6 is 11.3 Å². The van der Waals surface area contributed by atoms with Gasteiger partial charge in [-0.25, -0.2) is 9.37 Å². The molecule has 29 heavy (non-hydrogen) atoms. The molecule has 0 atom stereocenters. The summed E-state index contributed by atoms with van der Waals surface area (Å²) in [7, 11) is 1.79. The van der Waals surface area contributed by atoms with Gasteiger partial charge in [0.1, 0.15) is 43.5 Å². The normalized spacial score (nSPS) is 19.4. The predicted molar refractivity (Wildman–Crippen MR) is 112 cm³/mol. The van der Waals surface area contributed by atoms with Gasteiger partial charge < -0.3 is 14.7 Å². The number of nitrogens with one attached hydrogen (secondary N) is 2. The van der Waals surface area contributed by atoms with Gasteiger partial charge in [0.15, 0.2) is 6.54 Å². The molecule has 0 saturated carbocycles. The van der Waals surface area contributed by atoms with Crippen LogP contribution in [0.25, 0.3) is 10.2 Å². The Morgan fingerprint density at radius 3 is 2.62 bits per heavy atom. The maximum atomic E-state index is 13.3. The second kappa shape index (κ2) is 8.98. The predicted octanol–water partition coefficient (Wildman–Crippen LogP) is 0.377. The van der Waals surface area contributed by atoms with Gasteiger partial charge in [0, 0.05) is 13.6 Å². The number of likely N-dealkylation sites (N-methyl/N-ethyl adjacent to an activating group) is 1. The summed E-state index contributed by atoms with van der Waals surface area (Å²) in [6, 6.07) is 14.7. The quantitative estimate of drug-likeness (QED) is 0.612. The molecule has 1 aliphatic heterocycles. The highest BCUT2D eigenvalue weighted by Gasteiger charge is 2.26. The standard InChI is InChI=1S/C22H25FN4OS/c1-25(14-17-5-4-6-18(23)13-17)22(28)16-27-11-9-26(10-12-27)15-21-24-19-7-2-3-8-20(19)29-21/h2-8,13H,9-12,14-16H2,1H3/p+2. The van der Waals surface area contributed by atoms with Crippen LogP contribution in [0.4, 0.5) is 4.39 Å². The fourth-order valence-corrected chi connectivity index (χ4v) is 4.91. The number of nitrogens with zero attached hydrogens (tertiary/aromatic N) is 2. The Bertz CT molecular complexity index is 951. The summed E-state index contributed by atoms with van der Waals surface area (Å²) >= 11 is 1.78. The number of fused-ring (bicyclic) bond motifs is 1. The van der Waals surface area contributed by atoms with Gasteiger partial charge >= 0.3 is 0 Å². The Morgan fingerprint density at radius 2 is 1.86 bits per heavy atom. The number of piperazine rings is 1. The smallest absolute Gasteiger partial charge is 0.277 e. The van der Waals surface area contributed by atoms with Gasteiger partial charge in [-0.2, -0.15) is 0 Å². The Balaban J connectivity index is 1.24. The Kier molecular flexibility index (Phi) is 6.18. The molecule has 0 unspecified atom stereocenters. The summed E-state index contributed by atoms with van der Waals surface area (Å²) in [5.74, 6) is -0.153. The largest absolute Gasteiger partial charge is 0.337 e. The third-order valence-corrected chi connectivity index (χ3v) is 6.58. The zero-order valence-corrected chi connectivity index (χ0v) is 17.5. The lowest BCUT2D eigenvalue weighted by molar-refractivity contribution is -1.02. The molecular weight excluding hydrogens is 387 g/mol. The fraction of sp³-hybridized carbons (Fsp3) is 0.364. The van der Waals surface area contributed by atoms with Crippen molar-refractivity contribution in [2.45, 2.75) is 13.1 Å². The average Bonchev–Trinajstić information content (AvgIpc) is 3.11. The van der Waals surface area contributed by atoms with Gasteiger partial charge in [0.05, 0.1) is 10.2 Å². The van der Waals surface area contributed by atoms with E-state index in [1.807, 2.05) is 12.1 Å². The van der Waals surface area contributed by atoms with Crippen LogP contribution in [0.2, 0.25) is 0 Å². The van der Waals surface area contributed by atoms with Gasteiger partial charge in [-0.3, -0.25) is 4.79 Å². The van der Waals surface area contributed by atoms with Crippen molar-refractivity contribution >= 4 is 27.5 Å². The lowest BCUT2D eigenvalue weighted by Crippen LogP contribution is -3.28. The molecular formula is C22H27FN4OS+2. The maximum Gasteiger partial charge on any atom is 0.277 e. The van der Waals surface area contributed by atoms with Crippen LogP contribution in [0.1, 0.15) is 10.6 Å². The van der Waals surface area contributed by atoms with E-state index in [1.165, 1.54) is 31.6 Å². The number of carbonyl (C=O) groups excluding carboxylic acids is 1. The van der Waals surface area contributed by atoms with Crippen LogP contribution in [0.3, 0.4) is 0 Å². The molecule has 4 rings (SSSR count). The van der Waals surface area contributed by atoms with E-state index < -0.39 is 0 Å². The highest BCUT2D eigenvalue weighted by molar-refractivity contribution is 7.18. The molecule has 0 aliphatic carbocycles. The molecule has 1 aliphatic rings. The molecule has 1 aromatic heterocycles. The zero-order chi connectivity index (χ0) is 20.2. The highest BCUT2D eigenvalue weighted by Crippen LogP contribution is 2.20. The van der Waals surface area contributed by atoms with Crippen molar-refractivity contribution < 1.29 is 19.0 Å². The average molecular weight is 415 g/mol. The number of thiazole rings is 1. The van der Waals surface area contributed by atoms with Crippen LogP contribution in [0.5, 0.6) is 0 Å². The Labute approximate surface area is 174 Å². The summed E-state index contributed by atoms with van der Waals surface area (Å²) in [4.78, 5) is 21.9. The Hall–Kier alpha value is -2.35. The lowest BCUT2D eigenvalue weighted by atomic mass is 10.2. The summed E-state index contributed by atoms with van der Waals surface area (Å²) in [6.45, 7) is 5.97. The first-order valence-electron chi connectivity index (χ1n) is 10.1. The molecule has 1 fully saturated rings. The SMILES string of the molecule is CN(Cc1cccc(F)c1)C(=O)C[NH+]1CC[NH+](Cc2nc3ccccc3s2)CC1. The first kappa shape index (κ1) is 19.9. The van der Waals surface area contributed by atoms with Crippen LogP contribution in [-0.2, 0) is 17.9 Å². The number of aromatic nitrogens is 1. The fourth-order valence-electron chi connectivity index (χ4n) is 3.87. The van der Waals surface area contributed by atoms with Crippen molar-refractivity contribution in [3.05, 3.63) is 64.9 Å². The summed E-state index contributed by atoms with van der Waals surface area (Å²) in [5.41, 5.74) is 1.91. The van der Waals surface area contributed by atoms with E-state index in [2.05, 4.69) is 18.2 Å². The molecule has 1 saturated heterocycles. The van der Waals surface area contributed by atoms with E-state index in [0.29, 0.717) is 13.1 Å². The van der Waals surface area contributed by atoms with Gasteiger partial charge in [-0.05, 0) is 29.8 Å². The molecule has 0 spiro atoms. The number of para-hydroxylation sites is 1. The minimum Gasteiger partial charge on any atom is -0.337 e. The first-order chi connectivity index (χ1) is 14.1. The molecule has 0 radical (unpaired) electrons. The van der Waals surface area contributed by atoms with E-state index in [1.54, 1.807) is 29.4 Å². The zero-order valence-electron chi connectivity index (χ0n) is 16.7. The third-order valence-electron chi connectivity index (χ3n) is 5.54. The van der Waals surface area contributed by atoms with E-state index in [9.17, 15) is 9.18 Å². The molecule has 0 bridgehead atoms. The minimum atomic E-state index is -0.263. The molecule has 1 amide bonds. The number of amides is 1. The lowest BCUT2D eigenvalue weighted by Gasteiger charge is -2.30. The number of hydrogen-bond donors (Lipinski definition) is 2. The van der Waals surface area contributed by atoms with Gasteiger partial charge in [-0.15, -0.1) is 11.3 Å². The molecule has 5 nitrogen and oxygen atoms in total. The number of benzene rings is 2. The van der Waals surface area contributed by atoms with Crippen LogP contribution in [0.15, 0.2) is 48.5 Å². The van der Waals surface area contributed by atoms with Gasteiger partial charge in [-0.1, -0.05) is 24.3 Å². The van der Waals surface area contributed by atoms with Crippen LogP contribution in [-0.4, -0.2) is 55.6 Å². The van der Waals surface area contributed by atoms with Crippen molar-refractivity contribution in [1.82, 2.24) is 9.88 Å². The van der Waals surface area contributed by atoms with E-state index >= 15 is 0 Å². The summed E-state index contributed by atoms with van der Waals surface area (Å²) < 4.78 is 14.6. The molecule has 2 N–H and O–H groups in total. The van der Waals surface area contributed by atoms with E-state index in [4.69, 9.17) is 4.98 Å². The maximum absolute atomic E-state index is 13.3. The second-order valence-electron chi connectivity index (χ2n) is 7.81. The molecule has 2 heterocycles. The van der Waals surface area contributed by atoms with Crippen molar-refractivity contribution in [3.63, 3.8) is 0 Å². The van der Waals surface area contributed by atoms with Crippen molar-refractivity contribution in [2.24, 2.45) is 0 Å².